The molecule has 1 aliphatic rings. The van der Waals surface area contributed by atoms with Gasteiger partial charge >= 0.3 is 0 Å². The summed E-state index contributed by atoms with van der Waals surface area (Å²) in [7, 11) is 3.44. The van der Waals surface area contributed by atoms with Gasteiger partial charge in [-0.2, -0.15) is 0 Å². The molecule has 0 bridgehead atoms. The average Bonchev–Trinajstić information content (AvgIpc) is 3.26. The third kappa shape index (κ3) is 6.53. The van der Waals surface area contributed by atoms with Crippen LogP contribution in [0, 0.1) is 0 Å². The predicted molar refractivity (Wildman–Crippen MR) is 117 cm³/mol. The fraction of sp³-hybridized carbons (Fsp3) is 0.455. The minimum atomic E-state index is 0.312. The lowest BCUT2D eigenvalue weighted by atomic mass is 10.2. The molecular weight excluding hydrogens is 388 g/mol. The van der Waals surface area contributed by atoms with Crippen molar-refractivity contribution in [3.05, 3.63) is 52.8 Å². The lowest BCUT2D eigenvalue weighted by Gasteiger charge is -2.17. The molecule has 0 aliphatic heterocycles. The highest BCUT2D eigenvalue weighted by Crippen LogP contribution is 2.32. The molecule has 1 heterocycles. The number of nitrogens with zero attached hydrogens (tertiary/aromatic N) is 2. The van der Waals surface area contributed by atoms with E-state index in [0.717, 1.165) is 54.4 Å². The Balaban J connectivity index is 1.48. The second-order valence-corrected chi connectivity index (χ2v) is 7.49. The Kier molecular flexibility index (Phi) is 7.99. The highest BCUT2D eigenvalue weighted by Gasteiger charge is 2.18. The summed E-state index contributed by atoms with van der Waals surface area (Å²) < 4.78 is 11.6. The van der Waals surface area contributed by atoms with Crippen molar-refractivity contribution in [3.8, 4) is 11.5 Å². The minimum Gasteiger partial charge on any atom is -0.493 e. The largest absolute Gasteiger partial charge is 0.493 e. The first-order valence-electron chi connectivity index (χ1n) is 10.1. The van der Waals surface area contributed by atoms with Crippen molar-refractivity contribution >= 4 is 17.6 Å². The van der Waals surface area contributed by atoms with E-state index in [1.807, 2.05) is 18.2 Å². The van der Waals surface area contributed by atoms with Crippen LogP contribution in [0.15, 0.2) is 41.5 Å². The van der Waals surface area contributed by atoms with Crippen LogP contribution in [0.4, 0.5) is 0 Å². The molecule has 3 rings (SSSR count). The Morgan fingerprint density at radius 2 is 1.93 bits per heavy atom. The van der Waals surface area contributed by atoms with Gasteiger partial charge in [0.25, 0.3) is 0 Å². The molecule has 0 saturated heterocycles. The van der Waals surface area contributed by atoms with Gasteiger partial charge in [-0.05, 0) is 61.4 Å². The fourth-order valence-corrected chi connectivity index (χ4v) is 3.50. The lowest BCUT2D eigenvalue weighted by Crippen LogP contribution is -2.37. The number of aliphatic imine (C=N–C) groups is 1. The normalized spacial score (nSPS) is 14.7. The Hall–Kier alpha value is -2.47. The van der Waals surface area contributed by atoms with Crippen LogP contribution in [0.1, 0.15) is 36.8 Å². The van der Waals surface area contributed by atoms with Crippen LogP contribution in [0.25, 0.3) is 0 Å². The number of hydrogen-bond donors (Lipinski definition) is 2. The van der Waals surface area contributed by atoms with Crippen molar-refractivity contribution in [2.75, 3.05) is 20.7 Å². The Morgan fingerprint density at radius 3 is 2.62 bits per heavy atom. The zero-order valence-electron chi connectivity index (χ0n) is 17.1. The summed E-state index contributed by atoms with van der Waals surface area (Å²) in [6.45, 7) is 1.39. The molecule has 0 atom stereocenters. The molecule has 0 unspecified atom stereocenters. The molecule has 1 aromatic heterocycles. The van der Waals surface area contributed by atoms with Gasteiger partial charge in [0, 0.05) is 26.3 Å². The molecule has 1 fully saturated rings. The van der Waals surface area contributed by atoms with Crippen molar-refractivity contribution in [1.82, 2.24) is 15.6 Å². The quantitative estimate of drug-likeness (QED) is 0.387. The van der Waals surface area contributed by atoms with Crippen molar-refractivity contribution in [2.24, 2.45) is 4.99 Å². The summed E-state index contributed by atoms with van der Waals surface area (Å²) >= 11 is 5.82. The molecule has 6 nitrogen and oxygen atoms in total. The first kappa shape index (κ1) is 21.2. The van der Waals surface area contributed by atoms with E-state index in [2.05, 4.69) is 26.7 Å². The first-order chi connectivity index (χ1) is 14.2. The maximum atomic E-state index is 6.11. The Labute approximate surface area is 177 Å². The van der Waals surface area contributed by atoms with Gasteiger partial charge in [0.15, 0.2) is 17.5 Å². The summed E-state index contributed by atoms with van der Waals surface area (Å²) in [6, 6.07) is 9.86. The van der Waals surface area contributed by atoms with Crippen LogP contribution in [0.5, 0.6) is 11.5 Å². The number of halogens is 1. The molecule has 0 amide bonds. The Bertz CT molecular complexity index is 805. The molecule has 156 valence electrons. The van der Waals surface area contributed by atoms with Gasteiger partial charge < -0.3 is 20.1 Å². The van der Waals surface area contributed by atoms with Gasteiger partial charge in [0.05, 0.1) is 13.2 Å². The van der Waals surface area contributed by atoms with E-state index in [9.17, 15) is 0 Å². The molecule has 0 radical (unpaired) electrons. The van der Waals surface area contributed by atoms with Gasteiger partial charge in [0.2, 0.25) is 0 Å². The van der Waals surface area contributed by atoms with Crippen LogP contribution in [0.3, 0.4) is 0 Å². The molecule has 29 heavy (non-hydrogen) atoms. The summed E-state index contributed by atoms with van der Waals surface area (Å²) in [5.41, 5.74) is 2.23. The monoisotopic (exact) mass is 416 g/mol. The number of benzene rings is 1. The van der Waals surface area contributed by atoms with Crippen LogP contribution >= 0.6 is 11.6 Å². The van der Waals surface area contributed by atoms with Crippen LogP contribution in [0.2, 0.25) is 5.15 Å². The Morgan fingerprint density at radius 1 is 1.14 bits per heavy atom. The van der Waals surface area contributed by atoms with E-state index >= 15 is 0 Å². The summed E-state index contributed by atoms with van der Waals surface area (Å²) in [4.78, 5) is 8.38. The topological polar surface area (TPSA) is 67.8 Å². The van der Waals surface area contributed by atoms with Crippen molar-refractivity contribution in [1.29, 1.82) is 0 Å². The SMILES string of the molecule is CN=C(NCCc1ccc(Cl)nc1)NCc1ccc(OC2CCCC2)c(OC)c1. The third-order valence-electron chi connectivity index (χ3n) is 5.00. The number of methoxy groups -OCH3 is 1. The molecule has 2 aromatic rings. The van der Waals surface area contributed by atoms with Gasteiger partial charge in [-0.3, -0.25) is 4.99 Å². The number of ether oxygens (including phenoxy) is 2. The van der Waals surface area contributed by atoms with E-state index < -0.39 is 0 Å². The minimum absolute atomic E-state index is 0.312. The van der Waals surface area contributed by atoms with Gasteiger partial charge in [0.1, 0.15) is 5.15 Å². The molecule has 1 aromatic carbocycles. The lowest BCUT2D eigenvalue weighted by molar-refractivity contribution is 0.200. The van der Waals surface area contributed by atoms with E-state index in [1.165, 1.54) is 12.8 Å². The number of guanidine groups is 1. The van der Waals surface area contributed by atoms with E-state index in [-0.39, 0.29) is 0 Å². The first-order valence-corrected chi connectivity index (χ1v) is 10.4. The van der Waals surface area contributed by atoms with Gasteiger partial charge in [-0.1, -0.05) is 23.7 Å². The number of pyridine rings is 1. The van der Waals surface area contributed by atoms with E-state index in [1.54, 1.807) is 26.4 Å². The zero-order chi connectivity index (χ0) is 20.5. The van der Waals surface area contributed by atoms with Crippen LogP contribution in [-0.4, -0.2) is 37.7 Å². The third-order valence-corrected chi connectivity index (χ3v) is 5.23. The number of nitrogens with one attached hydrogen (secondary N) is 2. The molecule has 7 heteroatoms. The van der Waals surface area contributed by atoms with Crippen molar-refractivity contribution in [2.45, 2.75) is 44.8 Å². The second-order valence-electron chi connectivity index (χ2n) is 7.10. The van der Waals surface area contributed by atoms with Crippen molar-refractivity contribution in [3.63, 3.8) is 0 Å². The summed E-state index contributed by atoms with van der Waals surface area (Å²) in [5, 5.41) is 7.15. The number of rotatable bonds is 8. The highest BCUT2D eigenvalue weighted by molar-refractivity contribution is 6.29. The maximum Gasteiger partial charge on any atom is 0.191 e. The zero-order valence-corrected chi connectivity index (χ0v) is 17.8. The molecule has 1 saturated carbocycles. The van der Waals surface area contributed by atoms with Gasteiger partial charge in [-0.15, -0.1) is 0 Å². The molecule has 1 aliphatic carbocycles. The molecule has 2 N–H and O–H groups in total. The standard InChI is InChI=1S/C22H29ClN4O2/c1-24-22(25-12-11-16-8-10-21(23)26-14-16)27-15-17-7-9-19(20(13-17)28-2)29-18-5-3-4-6-18/h7-10,13-14,18H,3-6,11-12,15H2,1-2H3,(H2,24,25,27). The smallest absolute Gasteiger partial charge is 0.191 e. The highest BCUT2D eigenvalue weighted by atomic mass is 35.5. The van der Waals surface area contributed by atoms with E-state index in [4.69, 9.17) is 21.1 Å². The summed E-state index contributed by atoms with van der Waals surface area (Å²) in [5.74, 6) is 2.34. The molecular formula is C22H29ClN4O2. The van der Waals surface area contributed by atoms with Crippen LogP contribution in [-0.2, 0) is 13.0 Å². The fourth-order valence-electron chi connectivity index (χ4n) is 3.39. The average molecular weight is 417 g/mol. The maximum absolute atomic E-state index is 6.11. The van der Waals surface area contributed by atoms with E-state index in [0.29, 0.717) is 17.8 Å². The number of hydrogen-bond acceptors (Lipinski definition) is 4. The predicted octanol–water partition coefficient (Wildman–Crippen LogP) is 3.97. The summed E-state index contributed by atoms with van der Waals surface area (Å²) in [6.07, 6.45) is 7.69. The van der Waals surface area contributed by atoms with Crippen LogP contribution < -0.4 is 20.1 Å². The van der Waals surface area contributed by atoms with Crippen molar-refractivity contribution < 1.29 is 9.47 Å². The molecule has 0 spiro atoms. The second kappa shape index (κ2) is 10.9. The van der Waals surface area contributed by atoms with Gasteiger partial charge in [-0.25, -0.2) is 4.98 Å². The number of aromatic nitrogens is 1.